The number of ether oxygens (including phenoxy) is 2. The fourth-order valence-corrected chi connectivity index (χ4v) is 3.29. The molecule has 0 unspecified atom stereocenters. The maximum atomic E-state index is 12.7. The van der Waals surface area contributed by atoms with Gasteiger partial charge in [-0.2, -0.15) is 13.2 Å². The molecule has 1 aliphatic rings. The first-order valence-electron chi connectivity index (χ1n) is 9.96. The Morgan fingerprint density at radius 3 is 2.20 bits per heavy atom. The van der Waals surface area contributed by atoms with Crippen LogP contribution in [0.5, 0.6) is 11.5 Å². The largest absolute Gasteiger partial charge is 0.457 e. The number of nitrogens with one attached hydrogen (secondary N) is 1. The summed E-state index contributed by atoms with van der Waals surface area (Å²) >= 11 is 0. The van der Waals surface area contributed by atoms with Crippen molar-refractivity contribution in [1.29, 1.82) is 0 Å². The van der Waals surface area contributed by atoms with E-state index in [4.69, 9.17) is 9.47 Å². The van der Waals surface area contributed by atoms with Crippen LogP contribution in [0.15, 0.2) is 42.5 Å². The maximum absolute atomic E-state index is 12.7. The number of methoxy groups -OCH3 is 1. The van der Waals surface area contributed by atoms with Crippen LogP contribution in [0.1, 0.15) is 39.7 Å². The fourth-order valence-electron chi connectivity index (χ4n) is 3.29. The Bertz CT molecular complexity index is 877. The highest BCUT2D eigenvalue weighted by atomic mass is 19.4. The topological polar surface area (TPSA) is 33.7 Å². The van der Waals surface area contributed by atoms with Crippen LogP contribution < -0.4 is 15.0 Å². The van der Waals surface area contributed by atoms with Gasteiger partial charge in [0, 0.05) is 19.7 Å². The zero-order chi connectivity index (χ0) is 22.2. The molecule has 0 spiro atoms. The van der Waals surface area contributed by atoms with Crippen molar-refractivity contribution in [2.75, 3.05) is 30.5 Å². The molecule has 2 aromatic rings. The SMILES string of the molecule is COC(C)(C)C(C)(C)CCN1CNc2ccc(Oc3ccc(C(F)(F)F)cc3)cc21. The summed E-state index contributed by atoms with van der Waals surface area (Å²) in [6, 6.07) is 10.4. The highest BCUT2D eigenvalue weighted by Gasteiger charge is 2.37. The Labute approximate surface area is 176 Å². The molecule has 30 heavy (non-hydrogen) atoms. The lowest BCUT2D eigenvalue weighted by molar-refractivity contribution is -0.137. The Morgan fingerprint density at radius 1 is 0.967 bits per heavy atom. The van der Waals surface area contributed by atoms with Crippen LogP contribution in [-0.4, -0.2) is 25.9 Å². The molecule has 1 N–H and O–H groups in total. The van der Waals surface area contributed by atoms with Gasteiger partial charge in [-0.1, -0.05) is 13.8 Å². The fraction of sp³-hybridized carbons (Fsp3) is 0.478. The van der Waals surface area contributed by atoms with E-state index in [1.54, 1.807) is 7.11 Å². The summed E-state index contributed by atoms with van der Waals surface area (Å²) in [6.45, 7) is 10.1. The number of anilines is 2. The van der Waals surface area contributed by atoms with Crippen LogP contribution >= 0.6 is 0 Å². The van der Waals surface area contributed by atoms with E-state index in [0.29, 0.717) is 18.2 Å². The van der Waals surface area contributed by atoms with E-state index in [1.807, 2.05) is 18.2 Å². The summed E-state index contributed by atoms with van der Waals surface area (Å²) in [5.41, 5.74) is 1.06. The highest BCUT2D eigenvalue weighted by Crippen LogP contribution is 2.40. The zero-order valence-electron chi connectivity index (χ0n) is 18.1. The van der Waals surface area contributed by atoms with Crippen LogP contribution in [0.4, 0.5) is 24.5 Å². The van der Waals surface area contributed by atoms with Crippen LogP contribution in [0.3, 0.4) is 0 Å². The molecule has 1 aliphatic heterocycles. The molecule has 3 rings (SSSR count). The summed E-state index contributed by atoms with van der Waals surface area (Å²) in [4.78, 5) is 2.24. The van der Waals surface area contributed by atoms with Gasteiger partial charge in [0.2, 0.25) is 0 Å². The summed E-state index contributed by atoms with van der Waals surface area (Å²) in [7, 11) is 1.74. The third-order valence-electron chi connectivity index (χ3n) is 6.33. The molecule has 0 radical (unpaired) electrons. The molecule has 0 atom stereocenters. The molecule has 7 heteroatoms. The summed E-state index contributed by atoms with van der Waals surface area (Å²) in [6.07, 6.45) is -3.43. The average Bonchev–Trinajstić information content (AvgIpc) is 3.08. The van der Waals surface area contributed by atoms with Crippen LogP contribution in [-0.2, 0) is 10.9 Å². The number of rotatable bonds is 7. The minimum atomic E-state index is -4.36. The number of alkyl halides is 3. The molecular weight excluding hydrogens is 393 g/mol. The summed E-state index contributed by atoms with van der Waals surface area (Å²) in [5, 5.41) is 3.37. The normalized spacial score (nSPS) is 14.5. The van der Waals surface area contributed by atoms with Crippen molar-refractivity contribution in [2.24, 2.45) is 5.41 Å². The average molecular weight is 422 g/mol. The van der Waals surface area contributed by atoms with Crippen molar-refractivity contribution in [3.8, 4) is 11.5 Å². The van der Waals surface area contributed by atoms with Gasteiger partial charge in [0.1, 0.15) is 11.5 Å². The Hall–Kier alpha value is -2.41. The summed E-state index contributed by atoms with van der Waals surface area (Å²) < 4.78 is 49.7. The van der Waals surface area contributed by atoms with E-state index in [1.165, 1.54) is 12.1 Å². The van der Waals surface area contributed by atoms with Gasteiger partial charge < -0.3 is 19.7 Å². The second kappa shape index (κ2) is 8.02. The van der Waals surface area contributed by atoms with Gasteiger partial charge in [-0.15, -0.1) is 0 Å². The molecular formula is C23H29F3N2O2. The Balaban J connectivity index is 1.71. The first-order chi connectivity index (χ1) is 13.9. The molecule has 0 saturated carbocycles. The smallest absolute Gasteiger partial charge is 0.416 e. The predicted molar refractivity (Wildman–Crippen MR) is 113 cm³/mol. The lowest BCUT2D eigenvalue weighted by Crippen LogP contribution is -2.43. The Morgan fingerprint density at radius 2 is 1.60 bits per heavy atom. The second-order valence-electron chi connectivity index (χ2n) is 8.75. The van der Waals surface area contributed by atoms with Crippen molar-refractivity contribution in [2.45, 2.75) is 45.9 Å². The number of hydrogen-bond acceptors (Lipinski definition) is 4. The number of fused-ring (bicyclic) bond motifs is 1. The van der Waals surface area contributed by atoms with E-state index in [9.17, 15) is 13.2 Å². The molecule has 164 valence electrons. The highest BCUT2D eigenvalue weighted by molar-refractivity contribution is 5.76. The summed E-state index contributed by atoms with van der Waals surface area (Å²) in [5.74, 6) is 0.946. The van der Waals surface area contributed by atoms with Gasteiger partial charge in [-0.05, 0) is 62.1 Å². The maximum Gasteiger partial charge on any atom is 0.416 e. The standard InChI is InChI=1S/C23H29F3N2O2/c1-21(2,22(3,4)29-5)12-13-28-15-27-19-11-10-18(14-20(19)28)30-17-8-6-16(7-9-17)23(24,25)26/h6-11,14,27H,12-13,15H2,1-5H3. The van der Waals surface area contributed by atoms with Gasteiger partial charge in [-0.25, -0.2) is 0 Å². The molecule has 0 amide bonds. The van der Waals surface area contributed by atoms with Crippen LogP contribution in [0.25, 0.3) is 0 Å². The minimum absolute atomic E-state index is 0.0289. The number of nitrogens with zero attached hydrogens (tertiary/aromatic N) is 1. The number of benzene rings is 2. The van der Waals surface area contributed by atoms with Crippen molar-refractivity contribution in [3.63, 3.8) is 0 Å². The van der Waals surface area contributed by atoms with Crippen molar-refractivity contribution < 1.29 is 22.6 Å². The first kappa shape index (κ1) is 22.3. The number of hydrogen-bond donors (Lipinski definition) is 1. The van der Waals surface area contributed by atoms with E-state index in [-0.39, 0.29) is 11.0 Å². The van der Waals surface area contributed by atoms with Crippen molar-refractivity contribution in [1.82, 2.24) is 0 Å². The molecule has 4 nitrogen and oxygen atoms in total. The van der Waals surface area contributed by atoms with Gasteiger partial charge in [-0.3, -0.25) is 0 Å². The number of halogens is 3. The predicted octanol–water partition coefficient (Wildman–Crippen LogP) is 6.53. The zero-order valence-corrected chi connectivity index (χ0v) is 18.1. The monoisotopic (exact) mass is 422 g/mol. The van der Waals surface area contributed by atoms with Gasteiger partial charge in [0.05, 0.1) is 29.2 Å². The second-order valence-corrected chi connectivity index (χ2v) is 8.75. The van der Waals surface area contributed by atoms with Gasteiger partial charge in [0.15, 0.2) is 0 Å². The van der Waals surface area contributed by atoms with E-state index in [2.05, 4.69) is 37.9 Å². The van der Waals surface area contributed by atoms with E-state index >= 15 is 0 Å². The lowest BCUT2D eigenvalue weighted by atomic mass is 9.74. The molecule has 1 heterocycles. The molecule has 0 fully saturated rings. The molecule has 0 aromatic heterocycles. The van der Waals surface area contributed by atoms with Crippen molar-refractivity contribution >= 4 is 11.4 Å². The van der Waals surface area contributed by atoms with Crippen LogP contribution in [0, 0.1) is 5.41 Å². The minimum Gasteiger partial charge on any atom is -0.457 e. The van der Waals surface area contributed by atoms with E-state index < -0.39 is 11.7 Å². The Kier molecular flexibility index (Phi) is 5.96. The van der Waals surface area contributed by atoms with E-state index in [0.717, 1.165) is 36.5 Å². The van der Waals surface area contributed by atoms with Crippen molar-refractivity contribution in [3.05, 3.63) is 48.0 Å². The first-order valence-corrected chi connectivity index (χ1v) is 9.96. The van der Waals surface area contributed by atoms with Crippen LogP contribution in [0.2, 0.25) is 0 Å². The quantitative estimate of drug-likeness (QED) is 0.550. The molecule has 2 aromatic carbocycles. The molecule has 0 aliphatic carbocycles. The third-order valence-corrected chi connectivity index (χ3v) is 6.33. The lowest BCUT2D eigenvalue weighted by Gasteiger charge is -2.41. The van der Waals surface area contributed by atoms with Gasteiger partial charge in [0.25, 0.3) is 0 Å². The molecule has 0 saturated heterocycles. The molecule has 0 bridgehead atoms. The van der Waals surface area contributed by atoms with Gasteiger partial charge >= 0.3 is 6.18 Å². The third kappa shape index (κ3) is 4.67.